The molecule has 0 aliphatic heterocycles. The molecular formula is C21H23N5O5S. The van der Waals surface area contributed by atoms with Crippen LogP contribution in [-0.4, -0.2) is 38.9 Å². The topological polar surface area (TPSA) is 109 Å². The average molecular weight is 458 g/mol. The Morgan fingerprint density at radius 1 is 1.16 bits per heavy atom. The molecule has 1 aromatic carbocycles. The number of rotatable bonds is 7. The van der Waals surface area contributed by atoms with E-state index >= 15 is 0 Å². The SMILES string of the molecule is COc1cc(NC(=O)Cn2nc3n(CC(C)C)c(=O)c4sccc4n3c2=O)cc(OC)c1. The molecule has 10 nitrogen and oxygen atoms in total. The van der Waals surface area contributed by atoms with Gasteiger partial charge in [-0.15, -0.1) is 16.4 Å². The standard InChI is InChI=1S/C21H23N5O5S/c1-12(2)10-24-19(28)18-16(5-6-32-18)26-20(24)23-25(21(26)29)11-17(27)22-13-7-14(30-3)9-15(8-13)31-4/h5-9,12H,10-11H2,1-4H3,(H,22,27). The minimum Gasteiger partial charge on any atom is -0.497 e. The van der Waals surface area contributed by atoms with E-state index in [1.54, 1.807) is 29.6 Å². The molecule has 0 unspecified atom stereocenters. The summed E-state index contributed by atoms with van der Waals surface area (Å²) in [4.78, 5) is 38.7. The van der Waals surface area contributed by atoms with Crippen LogP contribution in [0, 0.1) is 5.92 Å². The van der Waals surface area contributed by atoms with E-state index in [1.807, 2.05) is 13.8 Å². The van der Waals surface area contributed by atoms with Gasteiger partial charge in [0.05, 0.1) is 19.7 Å². The zero-order valence-corrected chi connectivity index (χ0v) is 18.9. The third kappa shape index (κ3) is 3.86. The normalized spacial score (nSPS) is 11.4. The summed E-state index contributed by atoms with van der Waals surface area (Å²) in [5, 5.41) is 8.82. The summed E-state index contributed by atoms with van der Waals surface area (Å²) in [5.74, 6) is 0.963. The van der Waals surface area contributed by atoms with E-state index in [0.29, 0.717) is 33.9 Å². The summed E-state index contributed by atoms with van der Waals surface area (Å²) >= 11 is 1.28. The highest BCUT2D eigenvalue weighted by molar-refractivity contribution is 7.17. The number of thiophene rings is 1. The second-order valence-electron chi connectivity index (χ2n) is 7.67. The van der Waals surface area contributed by atoms with Gasteiger partial charge in [0, 0.05) is 30.4 Å². The maximum absolute atomic E-state index is 13.1. The molecule has 0 atom stereocenters. The summed E-state index contributed by atoms with van der Waals surface area (Å²) < 4.78 is 14.8. The summed E-state index contributed by atoms with van der Waals surface area (Å²) in [6.45, 7) is 4.04. The summed E-state index contributed by atoms with van der Waals surface area (Å²) in [6.07, 6.45) is 0. The van der Waals surface area contributed by atoms with E-state index in [1.165, 1.54) is 34.5 Å². The van der Waals surface area contributed by atoms with Gasteiger partial charge in [0.1, 0.15) is 22.7 Å². The predicted molar refractivity (Wildman–Crippen MR) is 122 cm³/mol. The van der Waals surface area contributed by atoms with Crippen molar-refractivity contribution in [2.75, 3.05) is 19.5 Å². The van der Waals surface area contributed by atoms with Gasteiger partial charge in [0.25, 0.3) is 5.56 Å². The maximum Gasteiger partial charge on any atom is 0.352 e. The molecule has 0 fully saturated rings. The Kier molecular flexibility index (Phi) is 5.74. The van der Waals surface area contributed by atoms with Crippen molar-refractivity contribution in [1.82, 2.24) is 18.7 Å². The number of hydrogen-bond acceptors (Lipinski definition) is 7. The molecule has 0 aliphatic carbocycles. The van der Waals surface area contributed by atoms with Gasteiger partial charge >= 0.3 is 5.69 Å². The molecule has 3 heterocycles. The quantitative estimate of drug-likeness (QED) is 0.456. The van der Waals surface area contributed by atoms with Crippen LogP contribution in [0.2, 0.25) is 0 Å². The first kappa shape index (κ1) is 21.6. The molecule has 3 aromatic heterocycles. The van der Waals surface area contributed by atoms with Crippen LogP contribution in [0.25, 0.3) is 16.0 Å². The van der Waals surface area contributed by atoms with Crippen molar-refractivity contribution in [1.29, 1.82) is 0 Å². The van der Waals surface area contributed by atoms with Crippen LogP contribution in [0.15, 0.2) is 39.2 Å². The van der Waals surface area contributed by atoms with Crippen LogP contribution in [0.1, 0.15) is 13.8 Å². The molecule has 11 heteroatoms. The van der Waals surface area contributed by atoms with Crippen LogP contribution in [0.5, 0.6) is 11.5 Å². The van der Waals surface area contributed by atoms with E-state index in [-0.39, 0.29) is 23.8 Å². The first-order valence-corrected chi connectivity index (χ1v) is 10.8. The molecule has 32 heavy (non-hydrogen) atoms. The van der Waals surface area contributed by atoms with Crippen LogP contribution < -0.4 is 26.0 Å². The van der Waals surface area contributed by atoms with E-state index < -0.39 is 11.6 Å². The second kappa shape index (κ2) is 8.50. The highest BCUT2D eigenvalue weighted by atomic mass is 32.1. The number of nitrogens with zero attached hydrogens (tertiary/aromatic N) is 4. The Morgan fingerprint density at radius 3 is 2.47 bits per heavy atom. The summed E-state index contributed by atoms with van der Waals surface area (Å²) in [5.41, 5.74) is 0.268. The van der Waals surface area contributed by atoms with E-state index in [0.717, 1.165) is 4.68 Å². The summed E-state index contributed by atoms with van der Waals surface area (Å²) in [6, 6.07) is 6.68. The van der Waals surface area contributed by atoms with Crippen LogP contribution >= 0.6 is 11.3 Å². The number of aromatic nitrogens is 4. The number of anilines is 1. The average Bonchev–Trinajstić information content (AvgIpc) is 3.35. The fourth-order valence-corrected chi connectivity index (χ4v) is 4.31. The number of carbonyl (C=O) groups excluding carboxylic acids is 1. The Bertz CT molecular complexity index is 1410. The number of fused-ring (bicyclic) bond motifs is 3. The number of ether oxygens (including phenoxy) is 2. The number of carbonyl (C=O) groups is 1. The van der Waals surface area contributed by atoms with Crippen LogP contribution in [0.3, 0.4) is 0 Å². The Labute approximate surface area is 186 Å². The minimum absolute atomic E-state index is 0.167. The first-order valence-electron chi connectivity index (χ1n) is 9.95. The molecule has 0 bridgehead atoms. The number of methoxy groups -OCH3 is 2. The van der Waals surface area contributed by atoms with E-state index in [4.69, 9.17) is 9.47 Å². The van der Waals surface area contributed by atoms with Gasteiger partial charge in [-0.2, -0.15) is 0 Å². The Balaban J connectivity index is 1.73. The van der Waals surface area contributed by atoms with Crippen LogP contribution in [-0.2, 0) is 17.9 Å². The molecule has 1 amide bonds. The van der Waals surface area contributed by atoms with Gasteiger partial charge in [0.2, 0.25) is 11.7 Å². The van der Waals surface area contributed by atoms with Gasteiger partial charge in [-0.05, 0) is 17.4 Å². The van der Waals surface area contributed by atoms with Crippen molar-refractivity contribution < 1.29 is 14.3 Å². The number of hydrogen-bond donors (Lipinski definition) is 1. The van der Waals surface area contributed by atoms with Gasteiger partial charge < -0.3 is 14.8 Å². The Hall–Kier alpha value is -3.60. The van der Waals surface area contributed by atoms with Crippen molar-refractivity contribution in [2.24, 2.45) is 5.92 Å². The maximum atomic E-state index is 13.1. The summed E-state index contributed by atoms with van der Waals surface area (Å²) in [7, 11) is 3.02. The molecule has 0 aliphatic rings. The second-order valence-corrected chi connectivity index (χ2v) is 8.59. The lowest BCUT2D eigenvalue weighted by Crippen LogP contribution is -2.29. The molecule has 0 saturated carbocycles. The molecule has 4 rings (SSSR count). The third-order valence-corrected chi connectivity index (χ3v) is 5.76. The first-order chi connectivity index (χ1) is 15.3. The minimum atomic E-state index is -0.487. The smallest absolute Gasteiger partial charge is 0.352 e. The van der Waals surface area contributed by atoms with Gasteiger partial charge in [-0.3, -0.25) is 14.2 Å². The van der Waals surface area contributed by atoms with Crippen molar-refractivity contribution >= 4 is 38.9 Å². The lowest BCUT2D eigenvalue weighted by Gasteiger charge is -2.10. The molecule has 168 valence electrons. The predicted octanol–water partition coefficient (Wildman–Crippen LogP) is 2.18. The van der Waals surface area contributed by atoms with Gasteiger partial charge in [0.15, 0.2) is 0 Å². The fourth-order valence-electron chi connectivity index (χ4n) is 3.48. The van der Waals surface area contributed by atoms with Crippen molar-refractivity contribution in [3.05, 3.63) is 50.5 Å². The van der Waals surface area contributed by atoms with E-state index in [2.05, 4.69) is 10.4 Å². The molecule has 0 spiro atoms. The van der Waals surface area contributed by atoms with Crippen molar-refractivity contribution in [3.63, 3.8) is 0 Å². The van der Waals surface area contributed by atoms with Gasteiger partial charge in [-0.25, -0.2) is 13.9 Å². The van der Waals surface area contributed by atoms with Crippen LogP contribution in [0.4, 0.5) is 5.69 Å². The number of benzene rings is 1. The lowest BCUT2D eigenvalue weighted by atomic mass is 10.2. The monoisotopic (exact) mass is 457 g/mol. The van der Waals surface area contributed by atoms with Crippen molar-refractivity contribution in [2.45, 2.75) is 26.9 Å². The highest BCUT2D eigenvalue weighted by Crippen LogP contribution is 2.25. The van der Waals surface area contributed by atoms with Gasteiger partial charge in [-0.1, -0.05) is 13.8 Å². The number of amides is 1. The number of nitrogens with one attached hydrogen (secondary N) is 1. The Morgan fingerprint density at radius 2 is 1.84 bits per heavy atom. The van der Waals surface area contributed by atoms with E-state index in [9.17, 15) is 14.4 Å². The molecular weight excluding hydrogens is 434 g/mol. The molecule has 4 aromatic rings. The third-order valence-electron chi connectivity index (χ3n) is 4.86. The molecule has 1 N–H and O–H groups in total. The molecule has 0 radical (unpaired) electrons. The molecule has 0 saturated heterocycles. The largest absolute Gasteiger partial charge is 0.497 e. The lowest BCUT2D eigenvalue weighted by molar-refractivity contribution is -0.117. The highest BCUT2D eigenvalue weighted by Gasteiger charge is 2.20. The zero-order valence-electron chi connectivity index (χ0n) is 18.1. The zero-order chi connectivity index (χ0) is 23.0. The fraction of sp³-hybridized carbons (Fsp3) is 0.333. The van der Waals surface area contributed by atoms with Crippen molar-refractivity contribution in [3.8, 4) is 11.5 Å².